The molecule has 7 aromatic rings. The van der Waals surface area contributed by atoms with Crippen LogP contribution >= 0.6 is 0 Å². The summed E-state index contributed by atoms with van der Waals surface area (Å²) in [7, 11) is 8.20. The molecule has 1 fully saturated rings. The van der Waals surface area contributed by atoms with Crippen molar-refractivity contribution in [3.8, 4) is 5.75 Å². The van der Waals surface area contributed by atoms with Crippen LogP contribution in [-0.2, 0) is 94.1 Å². The van der Waals surface area contributed by atoms with Crippen LogP contribution in [0.1, 0.15) is 77.7 Å². The highest BCUT2D eigenvalue weighted by Crippen LogP contribution is 2.24. The summed E-state index contributed by atoms with van der Waals surface area (Å²) in [5.41, 5.74) is 2.72. The first-order valence-corrected chi connectivity index (χ1v) is 33.3. The van der Waals surface area contributed by atoms with Crippen molar-refractivity contribution in [3.63, 3.8) is 0 Å². The number of likely N-dealkylation sites (tertiary alicyclic amines) is 1. The number of ether oxygens (including phenoxy) is 10. The fraction of sp³-hybridized carbons (Fsp3) is 0.456. The van der Waals surface area contributed by atoms with Crippen molar-refractivity contribution >= 4 is 76.1 Å². The second-order valence-electron chi connectivity index (χ2n) is 23.2. The van der Waals surface area contributed by atoms with E-state index in [1.165, 1.54) is 49.3 Å². The number of amides is 8. The largest absolute Gasteiger partial charge is 0.491 e. The number of nitrogens with zero attached hydrogens (tertiary/aromatic N) is 9. The molecule has 0 atom stereocenters. The third-order valence-electron chi connectivity index (χ3n) is 15.3. The summed E-state index contributed by atoms with van der Waals surface area (Å²) in [6.07, 6.45) is 10.0. The average Bonchev–Trinajstić information content (AvgIpc) is 1.51. The van der Waals surface area contributed by atoms with Crippen LogP contribution in [0.3, 0.4) is 0 Å². The van der Waals surface area contributed by atoms with Crippen LogP contribution in [0.2, 0.25) is 0 Å². The van der Waals surface area contributed by atoms with Gasteiger partial charge in [0, 0.05) is 117 Å². The van der Waals surface area contributed by atoms with Gasteiger partial charge in [-0.25, -0.2) is 19.7 Å². The van der Waals surface area contributed by atoms with Gasteiger partial charge in [0.05, 0.1) is 116 Å². The summed E-state index contributed by atoms with van der Waals surface area (Å²) in [6.45, 7) is 8.13. The standard InChI is InChI=1S/C68H90N16O18/c1-79-21-20-69-59(79)65(89)72-51-39-54(80(2)43-51)63(87)71-19-17-58(85)75-56-45-83(5)61(76-56)66(90)73-52-40-55(81(3)44-52)67(91)84-41-49(42-84)62(86)78-57-46-82(4)60(77-57)64(88)70-18-9-10-22-93-23-24-94-25-26-95-27-28-96-29-30-97-31-32-98-33-34-99-35-36-100-37-38-101-53-15-13-50(14-16-53)74-68(92)102-47-48-11-7-6-8-12-48/h6-8,11-16,20-21,39-40,43-46,49H,9-10,17-19,22-38,41-42,47H2,1-5H3,(H,70,88)(H,71,87)(H,72,89)(H,73,90)(H,74,92)(H,75,85)(H,78,86). The number of carbonyl (C=O) groups excluding carboxylic acids is 8. The van der Waals surface area contributed by atoms with Gasteiger partial charge in [0.1, 0.15) is 30.4 Å². The van der Waals surface area contributed by atoms with Gasteiger partial charge in [-0.2, -0.15) is 0 Å². The summed E-state index contributed by atoms with van der Waals surface area (Å²) in [4.78, 5) is 117. The average molecular weight is 1420 g/mol. The molecular weight excluding hydrogens is 1330 g/mol. The Kier molecular flexibility index (Phi) is 31.4. The lowest BCUT2D eigenvalue weighted by Crippen LogP contribution is -2.54. The molecule has 34 heteroatoms. The number of carbonyl (C=O) groups is 8. The lowest BCUT2D eigenvalue weighted by molar-refractivity contribution is -0.123. The molecule has 0 radical (unpaired) electrons. The monoisotopic (exact) mass is 1420 g/mol. The van der Waals surface area contributed by atoms with Crippen molar-refractivity contribution in [1.29, 1.82) is 0 Å². The van der Waals surface area contributed by atoms with E-state index in [4.69, 9.17) is 47.4 Å². The normalized spacial score (nSPS) is 12.0. The second kappa shape index (κ2) is 41.4. The van der Waals surface area contributed by atoms with E-state index in [-0.39, 0.29) is 85.0 Å². The zero-order valence-corrected chi connectivity index (χ0v) is 57.9. The molecule has 1 aliphatic rings. The minimum atomic E-state index is -0.611. The molecule has 0 spiro atoms. The van der Waals surface area contributed by atoms with Crippen LogP contribution in [0.25, 0.3) is 0 Å². The molecule has 1 aliphatic heterocycles. The third-order valence-corrected chi connectivity index (χ3v) is 15.3. The van der Waals surface area contributed by atoms with Crippen molar-refractivity contribution in [2.75, 3.05) is 165 Å². The quantitative estimate of drug-likeness (QED) is 0.0265. The number of aryl methyl sites for hydroxylation is 5. The molecule has 1 saturated heterocycles. The third kappa shape index (κ3) is 25.7. The molecule has 102 heavy (non-hydrogen) atoms. The van der Waals surface area contributed by atoms with E-state index in [2.05, 4.69) is 52.2 Å². The van der Waals surface area contributed by atoms with Crippen LogP contribution in [0, 0.1) is 5.92 Å². The van der Waals surface area contributed by atoms with Crippen LogP contribution in [0.4, 0.5) is 33.5 Å². The zero-order chi connectivity index (χ0) is 72.4. The van der Waals surface area contributed by atoms with Crippen molar-refractivity contribution in [2.45, 2.75) is 25.9 Å². The Balaban J connectivity index is 0.560. The van der Waals surface area contributed by atoms with Gasteiger partial charge >= 0.3 is 6.09 Å². The first-order chi connectivity index (χ1) is 49.5. The smallest absolute Gasteiger partial charge is 0.411 e. The molecule has 0 saturated carbocycles. The molecule has 0 unspecified atom stereocenters. The Morgan fingerprint density at radius 1 is 0.461 bits per heavy atom. The van der Waals surface area contributed by atoms with Gasteiger partial charge in [-0.3, -0.25) is 38.9 Å². The maximum atomic E-state index is 13.5. The fourth-order valence-corrected chi connectivity index (χ4v) is 9.91. The molecule has 6 heterocycles. The van der Waals surface area contributed by atoms with Gasteiger partial charge in [0.2, 0.25) is 23.5 Å². The minimum Gasteiger partial charge on any atom is -0.491 e. The Hall–Kier alpha value is -10.3. The number of benzene rings is 2. The van der Waals surface area contributed by atoms with E-state index in [1.807, 2.05) is 30.3 Å². The van der Waals surface area contributed by atoms with Gasteiger partial charge in [-0.05, 0) is 54.8 Å². The minimum absolute atomic E-state index is 0.0181. The van der Waals surface area contributed by atoms with Gasteiger partial charge in [0.25, 0.3) is 29.5 Å². The van der Waals surface area contributed by atoms with Gasteiger partial charge < -0.3 is 107 Å². The van der Waals surface area contributed by atoms with Crippen molar-refractivity contribution in [2.24, 2.45) is 41.2 Å². The highest BCUT2D eigenvalue weighted by molar-refractivity contribution is 6.05. The van der Waals surface area contributed by atoms with Crippen LogP contribution in [0.5, 0.6) is 5.75 Å². The Morgan fingerprint density at radius 2 is 0.961 bits per heavy atom. The molecule has 34 nitrogen and oxygen atoms in total. The highest BCUT2D eigenvalue weighted by Gasteiger charge is 2.37. The number of aromatic nitrogens is 8. The molecule has 550 valence electrons. The predicted octanol–water partition coefficient (Wildman–Crippen LogP) is 4.01. The van der Waals surface area contributed by atoms with E-state index in [0.29, 0.717) is 155 Å². The Bertz CT molecular complexity index is 3820. The Morgan fingerprint density at radius 3 is 1.52 bits per heavy atom. The van der Waals surface area contributed by atoms with E-state index in [0.717, 1.165) is 5.56 Å². The molecule has 7 N–H and O–H groups in total. The number of hydrogen-bond donors (Lipinski definition) is 7. The van der Waals surface area contributed by atoms with Gasteiger partial charge in [0.15, 0.2) is 17.5 Å². The van der Waals surface area contributed by atoms with Crippen LogP contribution in [0.15, 0.2) is 104 Å². The maximum Gasteiger partial charge on any atom is 0.411 e. The fourth-order valence-electron chi connectivity index (χ4n) is 9.91. The second-order valence-corrected chi connectivity index (χ2v) is 23.2. The molecule has 0 aliphatic carbocycles. The summed E-state index contributed by atoms with van der Waals surface area (Å²) in [5.74, 6) is -2.40. The van der Waals surface area contributed by atoms with Crippen molar-refractivity contribution < 1.29 is 85.7 Å². The van der Waals surface area contributed by atoms with Crippen LogP contribution < -0.4 is 42.0 Å². The molecular formula is C68H90N16O18. The lowest BCUT2D eigenvalue weighted by atomic mass is 9.98. The SMILES string of the molecule is Cn1cc(NC(=O)c2nccn2C)cc1C(=O)NCCC(=O)Nc1cn(C)c(C(=O)Nc2cc(C(=O)N3CC(C(=O)Nc4cn(C)c(C(=O)NCCCCOCCOCCOCCOCCOCCOCCOCCOCCOc5ccc(NC(=O)OCc6ccccc6)cc5)n4)C3)n(C)c2)n1. The summed E-state index contributed by atoms with van der Waals surface area (Å²) >= 11 is 0. The number of imidazole rings is 3. The highest BCUT2D eigenvalue weighted by atomic mass is 16.6. The predicted molar refractivity (Wildman–Crippen MR) is 370 cm³/mol. The first kappa shape index (κ1) is 77.4. The van der Waals surface area contributed by atoms with E-state index in [1.54, 1.807) is 87.2 Å². The summed E-state index contributed by atoms with van der Waals surface area (Å²) < 4.78 is 63.0. The number of hydrogen-bond acceptors (Lipinski definition) is 21. The Labute approximate surface area is 589 Å². The van der Waals surface area contributed by atoms with Crippen molar-refractivity contribution in [1.82, 2.24) is 53.3 Å². The maximum absolute atomic E-state index is 13.5. The molecule has 0 bridgehead atoms. The number of unbranched alkanes of at least 4 members (excludes halogenated alkanes) is 1. The molecule has 8 rings (SSSR count). The topological polar surface area (TPSA) is 380 Å². The van der Waals surface area contributed by atoms with Gasteiger partial charge in [-0.15, -0.1) is 0 Å². The lowest BCUT2D eigenvalue weighted by Gasteiger charge is -2.38. The first-order valence-electron chi connectivity index (χ1n) is 33.3. The summed E-state index contributed by atoms with van der Waals surface area (Å²) in [5, 5.41) is 19.0. The molecule has 5 aromatic heterocycles. The number of nitrogens with one attached hydrogen (secondary N) is 7. The van der Waals surface area contributed by atoms with Crippen LogP contribution in [-0.4, -0.2) is 229 Å². The van der Waals surface area contributed by atoms with E-state index >= 15 is 0 Å². The number of anilines is 5. The zero-order valence-electron chi connectivity index (χ0n) is 57.9. The number of rotatable bonds is 46. The van der Waals surface area contributed by atoms with E-state index in [9.17, 15) is 38.4 Å². The molecule has 8 amide bonds. The molecule has 2 aromatic carbocycles. The van der Waals surface area contributed by atoms with Crippen molar-refractivity contribution in [3.05, 3.63) is 138 Å². The van der Waals surface area contributed by atoms with E-state index < -0.39 is 41.5 Å². The van der Waals surface area contributed by atoms with Gasteiger partial charge in [-0.1, -0.05) is 30.3 Å². The summed E-state index contributed by atoms with van der Waals surface area (Å²) in [6, 6.07) is 19.5.